The van der Waals surface area contributed by atoms with Gasteiger partial charge in [0, 0.05) is 23.5 Å². The van der Waals surface area contributed by atoms with Gasteiger partial charge in [-0.25, -0.2) is 0 Å². The Kier molecular flexibility index (Phi) is 5.66. The SMILES string of the molecule is CCOC(=O)C1(Sc2ccnc3ccc(OCC(=O)NC)cc23)CCC1. The van der Waals surface area contributed by atoms with E-state index in [4.69, 9.17) is 9.47 Å². The summed E-state index contributed by atoms with van der Waals surface area (Å²) in [5.41, 5.74) is 0.820. The fourth-order valence-electron chi connectivity index (χ4n) is 2.82. The highest BCUT2D eigenvalue weighted by molar-refractivity contribution is 8.01. The van der Waals surface area contributed by atoms with Crippen LogP contribution in [0.25, 0.3) is 10.9 Å². The number of hydrogen-bond donors (Lipinski definition) is 1. The number of benzene rings is 1. The zero-order chi connectivity index (χ0) is 18.6. The Morgan fingerprint density at radius 3 is 2.77 bits per heavy atom. The van der Waals surface area contributed by atoms with Crippen molar-refractivity contribution in [2.75, 3.05) is 20.3 Å². The van der Waals surface area contributed by atoms with E-state index < -0.39 is 4.75 Å². The second kappa shape index (κ2) is 7.95. The minimum atomic E-state index is -0.511. The Labute approximate surface area is 156 Å². The number of aromatic nitrogens is 1. The maximum absolute atomic E-state index is 12.4. The lowest BCUT2D eigenvalue weighted by Crippen LogP contribution is -2.43. The van der Waals surface area contributed by atoms with Gasteiger partial charge >= 0.3 is 5.97 Å². The number of likely N-dealkylation sites (N-methyl/N-ethyl adjacent to an activating group) is 1. The molecule has 0 unspecified atom stereocenters. The third kappa shape index (κ3) is 3.77. The van der Waals surface area contributed by atoms with Crippen LogP contribution in [-0.2, 0) is 14.3 Å². The number of thioether (sulfide) groups is 1. The van der Waals surface area contributed by atoms with E-state index in [0.29, 0.717) is 12.4 Å². The van der Waals surface area contributed by atoms with Crippen molar-refractivity contribution >= 4 is 34.5 Å². The van der Waals surface area contributed by atoms with Crippen molar-refractivity contribution in [2.24, 2.45) is 0 Å². The van der Waals surface area contributed by atoms with Crippen molar-refractivity contribution < 1.29 is 19.1 Å². The highest BCUT2D eigenvalue weighted by Crippen LogP contribution is 2.50. The van der Waals surface area contributed by atoms with Crippen molar-refractivity contribution in [3.05, 3.63) is 30.5 Å². The topological polar surface area (TPSA) is 77.5 Å². The van der Waals surface area contributed by atoms with Crippen molar-refractivity contribution in [1.29, 1.82) is 0 Å². The Morgan fingerprint density at radius 2 is 2.12 bits per heavy atom. The fourth-order valence-corrected chi connectivity index (χ4v) is 4.28. The number of fused-ring (bicyclic) bond motifs is 1. The molecule has 0 atom stereocenters. The summed E-state index contributed by atoms with van der Waals surface area (Å²) in [7, 11) is 1.57. The summed E-state index contributed by atoms with van der Waals surface area (Å²) >= 11 is 1.54. The number of pyridine rings is 1. The molecule has 0 spiro atoms. The summed E-state index contributed by atoms with van der Waals surface area (Å²) in [6.07, 6.45) is 4.39. The Bertz CT molecular complexity index is 820. The van der Waals surface area contributed by atoms with Crippen LogP contribution in [-0.4, -0.2) is 41.9 Å². The van der Waals surface area contributed by atoms with Crippen LogP contribution in [0, 0.1) is 0 Å². The Morgan fingerprint density at radius 1 is 1.31 bits per heavy atom. The van der Waals surface area contributed by atoms with E-state index in [9.17, 15) is 9.59 Å². The first kappa shape index (κ1) is 18.5. The molecule has 0 bridgehead atoms. The van der Waals surface area contributed by atoms with E-state index >= 15 is 0 Å². The third-order valence-electron chi connectivity index (χ3n) is 4.44. The van der Waals surface area contributed by atoms with Gasteiger partial charge in [-0.1, -0.05) is 0 Å². The van der Waals surface area contributed by atoms with Crippen molar-refractivity contribution in [2.45, 2.75) is 35.8 Å². The summed E-state index contributed by atoms with van der Waals surface area (Å²) in [4.78, 5) is 29.2. The number of carbonyl (C=O) groups excluding carboxylic acids is 2. The van der Waals surface area contributed by atoms with Crippen molar-refractivity contribution in [3.8, 4) is 5.75 Å². The molecule has 1 amide bonds. The van der Waals surface area contributed by atoms with E-state index in [1.54, 1.807) is 31.1 Å². The largest absolute Gasteiger partial charge is 0.484 e. The molecule has 1 aliphatic carbocycles. The molecule has 1 aliphatic rings. The van der Waals surface area contributed by atoms with Gasteiger partial charge in [0.2, 0.25) is 0 Å². The quantitative estimate of drug-likeness (QED) is 0.751. The molecule has 1 aromatic carbocycles. The van der Waals surface area contributed by atoms with E-state index in [-0.39, 0.29) is 18.5 Å². The predicted octanol–water partition coefficient (Wildman–Crippen LogP) is 2.94. The molecular formula is C19H22N2O4S. The summed E-state index contributed by atoms with van der Waals surface area (Å²) < 4.78 is 10.3. The summed E-state index contributed by atoms with van der Waals surface area (Å²) in [5, 5.41) is 3.43. The van der Waals surface area contributed by atoms with E-state index in [1.165, 1.54) is 0 Å². The monoisotopic (exact) mass is 374 g/mol. The number of nitrogens with zero attached hydrogens (tertiary/aromatic N) is 1. The van der Waals surface area contributed by atoms with Gasteiger partial charge in [0.25, 0.3) is 5.91 Å². The van der Waals surface area contributed by atoms with Gasteiger partial charge < -0.3 is 14.8 Å². The van der Waals surface area contributed by atoms with Crippen LogP contribution < -0.4 is 10.1 Å². The number of amides is 1. The zero-order valence-corrected chi connectivity index (χ0v) is 15.7. The molecule has 138 valence electrons. The van der Waals surface area contributed by atoms with Gasteiger partial charge in [0.15, 0.2) is 6.61 Å². The molecule has 7 heteroatoms. The van der Waals surface area contributed by atoms with Gasteiger partial charge in [-0.2, -0.15) is 0 Å². The molecule has 1 N–H and O–H groups in total. The van der Waals surface area contributed by atoms with Gasteiger partial charge in [0.05, 0.1) is 12.1 Å². The second-order valence-corrected chi connectivity index (χ2v) is 7.55. The number of carbonyl (C=O) groups is 2. The number of ether oxygens (including phenoxy) is 2. The standard InChI is InChI=1S/C19H22N2O4S/c1-3-24-18(23)19(8-4-9-19)26-16-7-10-21-15-6-5-13(11-14(15)16)25-12-17(22)20-2/h5-7,10-11H,3-4,8-9,12H2,1-2H3,(H,20,22). The molecule has 3 rings (SSSR count). The van der Waals surface area contributed by atoms with Crippen LogP contribution in [0.15, 0.2) is 35.4 Å². The van der Waals surface area contributed by atoms with E-state index in [2.05, 4.69) is 10.3 Å². The number of nitrogens with one attached hydrogen (secondary N) is 1. The average Bonchev–Trinajstić information content (AvgIpc) is 2.62. The molecule has 1 heterocycles. The minimum Gasteiger partial charge on any atom is -0.484 e. The fraction of sp³-hybridized carbons (Fsp3) is 0.421. The molecule has 0 aliphatic heterocycles. The molecule has 6 nitrogen and oxygen atoms in total. The first-order valence-corrected chi connectivity index (χ1v) is 9.48. The van der Waals surface area contributed by atoms with E-state index in [1.807, 2.05) is 25.1 Å². The van der Waals surface area contributed by atoms with Gasteiger partial charge in [-0.3, -0.25) is 14.6 Å². The minimum absolute atomic E-state index is 0.0441. The predicted molar refractivity (Wildman–Crippen MR) is 100 cm³/mol. The lowest BCUT2D eigenvalue weighted by Gasteiger charge is -2.38. The van der Waals surface area contributed by atoms with E-state index in [0.717, 1.165) is 35.1 Å². The first-order valence-electron chi connectivity index (χ1n) is 8.66. The Balaban J connectivity index is 1.87. The molecule has 0 radical (unpaired) electrons. The second-order valence-electron chi connectivity index (χ2n) is 6.12. The van der Waals surface area contributed by atoms with Crippen LogP contribution >= 0.6 is 11.8 Å². The van der Waals surface area contributed by atoms with Crippen molar-refractivity contribution in [1.82, 2.24) is 10.3 Å². The van der Waals surface area contributed by atoms with Gasteiger partial charge in [-0.05, 0) is 50.5 Å². The molecule has 2 aromatic rings. The van der Waals surface area contributed by atoms with Crippen LogP contribution in [0.1, 0.15) is 26.2 Å². The van der Waals surface area contributed by atoms with Crippen LogP contribution in [0.2, 0.25) is 0 Å². The number of rotatable bonds is 7. The van der Waals surface area contributed by atoms with Crippen LogP contribution in [0.4, 0.5) is 0 Å². The third-order valence-corrected chi connectivity index (χ3v) is 5.98. The molecule has 1 fully saturated rings. The van der Waals surface area contributed by atoms with Gasteiger partial charge in [-0.15, -0.1) is 11.8 Å². The molecule has 0 saturated heterocycles. The summed E-state index contributed by atoms with van der Waals surface area (Å²) in [5.74, 6) is 0.254. The lowest BCUT2D eigenvalue weighted by molar-refractivity contribution is -0.148. The highest BCUT2D eigenvalue weighted by Gasteiger charge is 2.46. The summed E-state index contributed by atoms with van der Waals surface area (Å²) in [6.45, 7) is 2.17. The number of hydrogen-bond acceptors (Lipinski definition) is 6. The smallest absolute Gasteiger partial charge is 0.322 e. The number of esters is 1. The maximum atomic E-state index is 12.4. The molecule has 26 heavy (non-hydrogen) atoms. The highest BCUT2D eigenvalue weighted by atomic mass is 32.2. The summed E-state index contributed by atoms with van der Waals surface area (Å²) in [6, 6.07) is 7.42. The zero-order valence-electron chi connectivity index (χ0n) is 14.9. The van der Waals surface area contributed by atoms with Crippen LogP contribution in [0.5, 0.6) is 5.75 Å². The molecule has 1 saturated carbocycles. The molecule has 1 aromatic heterocycles. The maximum Gasteiger partial charge on any atom is 0.322 e. The normalized spacial score (nSPS) is 15.2. The van der Waals surface area contributed by atoms with Crippen molar-refractivity contribution in [3.63, 3.8) is 0 Å². The first-order chi connectivity index (χ1) is 12.6. The Hall–Kier alpha value is -2.28. The van der Waals surface area contributed by atoms with Crippen LogP contribution in [0.3, 0.4) is 0 Å². The van der Waals surface area contributed by atoms with Gasteiger partial charge in [0.1, 0.15) is 10.5 Å². The lowest BCUT2D eigenvalue weighted by atomic mass is 9.84. The molecular weight excluding hydrogens is 352 g/mol. The average molecular weight is 374 g/mol.